The molecule has 20 heavy (non-hydrogen) atoms. The van der Waals surface area contributed by atoms with Crippen molar-refractivity contribution in [1.82, 2.24) is 4.90 Å². The lowest BCUT2D eigenvalue weighted by Gasteiger charge is -2.29. The van der Waals surface area contributed by atoms with Crippen LogP contribution in [0.4, 0.5) is 0 Å². The number of hydrogen-bond donors (Lipinski definition) is 1. The molecule has 2 atom stereocenters. The van der Waals surface area contributed by atoms with E-state index in [1.54, 1.807) is 0 Å². The van der Waals surface area contributed by atoms with Crippen molar-refractivity contribution in [3.8, 4) is 0 Å². The molecule has 1 aliphatic heterocycles. The van der Waals surface area contributed by atoms with Crippen LogP contribution in [-0.4, -0.2) is 41.8 Å². The van der Waals surface area contributed by atoms with Crippen molar-refractivity contribution >= 4 is 21.9 Å². The Hall–Kier alpha value is -0.910. The molecule has 1 aliphatic rings. The Morgan fingerprint density at radius 2 is 2.25 bits per heavy atom. The number of nitrogens with zero attached hydrogens (tertiary/aromatic N) is 1. The standard InChI is InChI=1S/C15H20BrNO3/c1-3-17(14-9-20-8-12(14)15(18)19)7-11-4-5-13(16)10(2)6-11/h4-6,12,14H,3,7-9H2,1-2H3,(H,18,19). The lowest BCUT2D eigenvalue weighted by atomic mass is 10.0. The lowest BCUT2D eigenvalue weighted by Crippen LogP contribution is -2.42. The number of likely N-dealkylation sites (N-methyl/N-ethyl adjacent to an activating group) is 1. The number of halogens is 1. The minimum atomic E-state index is -0.766. The third kappa shape index (κ3) is 3.40. The molecule has 5 heteroatoms. The molecule has 1 aromatic rings. The maximum atomic E-state index is 11.3. The average molecular weight is 342 g/mol. The van der Waals surface area contributed by atoms with Gasteiger partial charge in [-0.15, -0.1) is 0 Å². The Bertz CT molecular complexity index is 492. The Kier molecular flexibility index (Phi) is 5.18. The predicted octanol–water partition coefficient (Wildman–Crippen LogP) is 2.68. The van der Waals surface area contributed by atoms with E-state index in [1.807, 2.05) is 6.07 Å². The van der Waals surface area contributed by atoms with Gasteiger partial charge in [0.15, 0.2) is 0 Å². The van der Waals surface area contributed by atoms with Gasteiger partial charge in [0.1, 0.15) is 0 Å². The van der Waals surface area contributed by atoms with Crippen LogP contribution in [-0.2, 0) is 16.1 Å². The van der Waals surface area contributed by atoms with Crippen molar-refractivity contribution in [2.75, 3.05) is 19.8 Å². The zero-order chi connectivity index (χ0) is 14.7. The van der Waals surface area contributed by atoms with Crippen LogP contribution < -0.4 is 0 Å². The lowest BCUT2D eigenvalue weighted by molar-refractivity contribution is -0.143. The van der Waals surface area contributed by atoms with Gasteiger partial charge in [0.2, 0.25) is 0 Å². The number of carboxylic acids is 1. The van der Waals surface area contributed by atoms with Crippen LogP contribution in [0.5, 0.6) is 0 Å². The van der Waals surface area contributed by atoms with Crippen molar-refractivity contribution in [1.29, 1.82) is 0 Å². The van der Waals surface area contributed by atoms with Gasteiger partial charge < -0.3 is 9.84 Å². The maximum Gasteiger partial charge on any atom is 0.310 e. The highest BCUT2D eigenvalue weighted by Gasteiger charge is 2.37. The Morgan fingerprint density at radius 3 is 2.85 bits per heavy atom. The molecule has 1 fully saturated rings. The van der Waals surface area contributed by atoms with Gasteiger partial charge in [-0.1, -0.05) is 35.0 Å². The largest absolute Gasteiger partial charge is 0.481 e. The molecule has 110 valence electrons. The third-order valence-corrected chi connectivity index (χ3v) is 4.74. The Labute approximate surface area is 127 Å². The van der Waals surface area contributed by atoms with Crippen LogP contribution in [0.15, 0.2) is 22.7 Å². The minimum absolute atomic E-state index is 0.0403. The summed E-state index contributed by atoms with van der Waals surface area (Å²) in [6, 6.07) is 6.21. The first-order valence-electron chi connectivity index (χ1n) is 6.82. The second-order valence-electron chi connectivity index (χ2n) is 5.20. The zero-order valence-corrected chi connectivity index (χ0v) is 13.4. The fourth-order valence-electron chi connectivity index (χ4n) is 2.64. The van der Waals surface area contributed by atoms with Crippen molar-refractivity contribution in [2.45, 2.75) is 26.4 Å². The highest BCUT2D eigenvalue weighted by Crippen LogP contribution is 2.23. The summed E-state index contributed by atoms with van der Waals surface area (Å²) in [7, 11) is 0. The van der Waals surface area contributed by atoms with E-state index in [9.17, 15) is 9.90 Å². The first-order chi connectivity index (χ1) is 9.52. The maximum absolute atomic E-state index is 11.3. The summed E-state index contributed by atoms with van der Waals surface area (Å²) >= 11 is 3.50. The van der Waals surface area contributed by atoms with Gasteiger partial charge in [0.05, 0.1) is 19.1 Å². The fourth-order valence-corrected chi connectivity index (χ4v) is 2.89. The number of ether oxygens (including phenoxy) is 1. The molecular formula is C15H20BrNO3. The fraction of sp³-hybridized carbons (Fsp3) is 0.533. The number of hydrogen-bond acceptors (Lipinski definition) is 3. The molecule has 0 spiro atoms. The minimum Gasteiger partial charge on any atom is -0.481 e. The van der Waals surface area contributed by atoms with E-state index < -0.39 is 11.9 Å². The first-order valence-corrected chi connectivity index (χ1v) is 7.61. The van der Waals surface area contributed by atoms with Crippen molar-refractivity contribution in [3.63, 3.8) is 0 Å². The topological polar surface area (TPSA) is 49.8 Å². The van der Waals surface area contributed by atoms with E-state index in [1.165, 1.54) is 11.1 Å². The normalized spacial score (nSPS) is 22.4. The molecule has 0 saturated carbocycles. The first kappa shape index (κ1) is 15.5. The molecule has 0 radical (unpaired) electrons. The molecule has 2 rings (SSSR count). The molecular weight excluding hydrogens is 322 g/mol. The summed E-state index contributed by atoms with van der Waals surface area (Å²) in [6.45, 7) is 6.50. The van der Waals surface area contributed by atoms with Gasteiger partial charge >= 0.3 is 5.97 Å². The van der Waals surface area contributed by atoms with Crippen LogP contribution in [0, 0.1) is 12.8 Å². The molecule has 1 saturated heterocycles. The SMILES string of the molecule is CCN(Cc1ccc(Br)c(C)c1)C1COCC1C(=O)O. The van der Waals surface area contributed by atoms with Gasteiger partial charge in [-0.05, 0) is 30.7 Å². The van der Waals surface area contributed by atoms with Crippen molar-refractivity contribution in [2.24, 2.45) is 5.92 Å². The molecule has 0 bridgehead atoms. The molecule has 1 N–H and O–H groups in total. The number of aliphatic carboxylic acids is 1. The van der Waals surface area contributed by atoms with Crippen molar-refractivity contribution in [3.05, 3.63) is 33.8 Å². The van der Waals surface area contributed by atoms with Crippen LogP contribution in [0.3, 0.4) is 0 Å². The molecule has 2 unspecified atom stereocenters. The van der Waals surface area contributed by atoms with E-state index >= 15 is 0 Å². The molecule has 0 aliphatic carbocycles. The zero-order valence-electron chi connectivity index (χ0n) is 11.8. The highest BCUT2D eigenvalue weighted by atomic mass is 79.9. The average Bonchev–Trinajstić information content (AvgIpc) is 2.89. The summed E-state index contributed by atoms with van der Waals surface area (Å²) in [5, 5.41) is 9.26. The Balaban J connectivity index is 2.12. The van der Waals surface area contributed by atoms with Crippen LogP contribution in [0.2, 0.25) is 0 Å². The van der Waals surface area contributed by atoms with E-state index in [0.29, 0.717) is 13.2 Å². The van der Waals surface area contributed by atoms with E-state index in [2.05, 4.69) is 46.8 Å². The second kappa shape index (κ2) is 6.70. The van der Waals surface area contributed by atoms with E-state index in [0.717, 1.165) is 17.6 Å². The highest BCUT2D eigenvalue weighted by molar-refractivity contribution is 9.10. The summed E-state index contributed by atoms with van der Waals surface area (Å²) in [4.78, 5) is 13.5. The number of carbonyl (C=O) groups is 1. The van der Waals surface area contributed by atoms with Gasteiger partial charge in [0, 0.05) is 17.1 Å². The smallest absolute Gasteiger partial charge is 0.310 e. The Morgan fingerprint density at radius 1 is 1.50 bits per heavy atom. The summed E-state index contributed by atoms with van der Waals surface area (Å²) < 4.78 is 6.46. The van der Waals surface area contributed by atoms with Crippen LogP contribution in [0.1, 0.15) is 18.1 Å². The molecule has 4 nitrogen and oxygen atoms in total. The predicted molar refractivity (Wildman–Crippen MR) is 80.7 cm³/mol. The van der Waals surface area contributed by atoms with Gasteiger partial charge in [0.25, 0.3) is 0 Å². The summed E-state index contributed by atoms with van der Waals surface area (Å²) in [6.07, 6.45) is 0. The number of rotatable bonds is 5. The van der Waals surface area contributed by atoms with E-state index in [4.69, 9.17) is 4.74 Å². The summed E-state index contributed by atoms with van der Waals surface area (Å²) in [5.74, 6) is -1.19. The monoisotopic (exact) mass is 341 g/mol. The molecule has 1 heterocycles. The second-order valence-corrected chi connectivity index (χ2v) is 6.05. The quantitative estimate of drug-likeness (QED) is 0.894. The summed E-state index contributed by atoms with van der Waals surface area (Å²) in [5.41, 5.74) is 2.39. The van der Waals surface area contributed by atoms with Crippen molar-refractivity contribution < 1.29 is 14.6 Å². The van der Waals surface area contributed by atoms with Gasteiger partial charge in [-0.2, -0.15) is 0 Å². The molecule has 1 aromatic carbocycles. The van der Waals surface area contributed by atoms with Gasteiger partial charge in [-0.3, -0.25) is 9.69 Å². The molecule has 0 amide bonds. The third-order valence-electron chi connectivity index (χ3n) is 3.85. The number of aryl methyl sites for hydroxylation is 1. The number of carboxylic acid groups (broad SMARTS) is 1. The molecule has 0 aromatic heterocycles. The van der Waals surface area contributed by atoms with Crippen LogP contribution >= 0.6 is 15.9 Å². The van der Waals surface area contributed by atoms with Gasteiger partial charge in [-0.25, -0.2) is 0 Å². The van der Waals surface area contributed by atoms with E-state index in [-0.39, 0.29) is 6.04 Å². The van der Waals surface area contributed by atoms with Crippen LogP contribution in [0.25, 0.3) is 0 Å². The number of benzene rings is 1.